The van der Waals surface area contributed by atoms with Crippen molar-refractivity contribution in [1.82, 2.24) is 0 Å². The van der Waals surface area contributed by atoms with E-state index in [4.69, 9.17) is 4.74 Å². The summed E-state index contributed by atoms with van der Waals surface area (Å²) in [7, 11) is 1.63. The van der Waals surface area contributed by atoms with Gasteiger partial charge in [-0.05, 0) is 56.2 Å². The molecule has 3 nitrogen and oxygen atoms in total. The van der Waals surface area contributed by atoms with Gasteiger partial charge >= 0.3 is 5.97 Å². The van der Waals surface area contributed by atoms with Crippen molar-refractivity contribution >= 4 is 5.97 Å². The van der Waals surface area contributed by atoms with Gasteiger partial charge in [-0.1, -0.05) is 26.0 Å². The van der Waals surface area contributed by atoms with Gasteiger partial charge < -0.3 is 9.84 Å². The zero-order valence-electron chi connectivity index (χ0n) is 13.2. The summed E-state index contributed by atoms with van der Waals surface area (Å²) in [5.41, 5.74) is 1.45. The number of carbonyl (C=O) groups is 1. The Kier molecular flexibility index (Phi) is 5.61. The third-order valence-corrected chi connectivity index (χ3v) is 3.97. The molecule has 1 N–H and O–H groups in total. The van der Waals surface area contributed by atoms with E-state index in [1.165, 1.54) is 5.56 Å². The van der Waals surface area contributed by atoms with E-state index >= 15 is 0 Å². The van der Waals surface area contributed by atoms with Crippen LogP contribution < -0.4 is 4.74 Å². The normalized spacial score (nSPS) is 11.7. The Morgan fingerprint density at radius 3 is 2.35 bits per heavy atom. The van der Waals surface area contributed by atoms with Crippen molar-refractivity contribution in [2.45, 2.75) is 52.9 Å². The van der Waals surface area contributed by atoms with Crippen molar-refractivity contribution in [2.24, 2.45) is 5.41 Å². The molecule has 0 amide bonds. The molecule has 0 fully saturated rings. The lowest BCUT2D eigenvalue weighted by Gasteiger charge is -2.22. The van der Waals surface area contributed by atoms with E-state index in [-0.39, 0.29) is 0 Å². The molecule has 0 aliphatic carbocycles. The predicted octanol–water partition coefficient (Wildman–Crippen LogP) is 4.25. The first kappa shape index (κ1) is 16.5. The first-order valence-corrected chi connectivity index (χ1v) is 7.25. The van der Waals surface area contributed by atoms with Gasteiger partial charge in [0.1, 0.15) is 5.75 Å². The highest BCUT2D eigenvalue weighted by atomic mass is 16.5. The molecular weight excluding hydrogens is 252 g/mol. The van der Waals surface area contributed by atoms with Gasteiger partial charge in [-0.25, -0.2) is 0 Å². The van der Waals surface area contributed by atoms with Crippen molar-refractivity contribution in [3.05, 3.63) is 29.3 Å². The second-order valence-electron chi connectivity index (χ2n) is 5.95. The van der Waals surface area contributed by atoms with E-state index < -0.39 is 11.4 Å². The third kappa shape index (κ3) is 3.75. The van der Waals surface area contributed by atoms with E-state index in [0.29, 0.717) is 12.3 Å². The molecule has 0 aliphatic heterocycles. The van der Waals surface area contributed by atoms with Gasteiger partial charge in [0.15, 0.2) is 0 Å². The SMILES string of the molecule is CCC(CC)c1ccc(OC)c(CC(C)(C)C(=O)O)c1. The number of ether oxygens (including phenoxy) is 1. The first-order valence-electron chi connectivity index (χ1n) is 7.25. The largest absolute Gasteiger partial charge is 0.496 e. The number of benzene rings is 1. The fourth-order valence-corrected chi connectivity index (χ4v) is 2.50. The average Bonchev–Trinajstić information content (AvgIpc) is 2.40. The topological polar surface area (TPSA) is 46.5 Å². The van der Waals surface area contributed by atoms with Crippen LogP contribution in [0.1, 0.15) is 57.6 Å². The smallest absolute Gasteiger partial charge is 0.309 e. The van der Waals surface area contributed by atoms with Crippen molar-refractivity contribution in [1.29, 1.82) is 0 Å². The van der Waals surface area contributed by atoms with Gasteiger partial charge in [0.25, 0.3) is 0 Å². The minimum absolute atomic E-state index is 0.472. The molecule has 0 saturated carbocycles. The summed E-state index contributed by atoms with van der Waals surface area (Å²) in [4.78, 5) is 11.3. The fraction of sp³-hybridized carbons (Fsp3) is 0.588. The summed E-state index contributed by atoms with van der Waals surface area (Å²) in [6.07, 6.45) is 2.65. The minimum atomic E-state index is -0.792. The number of carboxylic acid groups (broad SMARTS) is 1. The van der Waals surface area contributed by atoms with Crippen LogP contribution in [-0.2, 0) is 11.2 Å². The van der Waals surface area contributed by atoms with Crippen LogP contribution in [0.4, 0.5) is 0 Å². The quantitative estimate of drug-likeness (QED) is 0.811. The maximum atomic E-state index is 11.3. The Bertz CT molecular complexity index is 459. The number of rotatable bonds is 7. The number of hydrogen-bond acceptors (Lipinski definition) is 2. The Balaban J connectivity index is 3.15. The third-order valence-electron chi connectivity index (χ3n) is 3.97. The molecule has 0 atom stereocenters. The molecule has 1 rings (SSSR count). The standard InChI is InChI=1S/C17H26O3/c1-6-12(7-2)13-8-9-15(20-5)14(10-13)11-17(3,4)16(18)19/h8-10,12H,6-7,11H2,1-5H3,(H,18,19). The van der Waals surface area contributed by atoms with E-state index in [2.05, 4.69) is 26.0 Å². The zero-order chi connectivity index (χ0) is 15.3. The van der Waals surface area contributed by atoms with Crippen LogP contribution >= 0.6 is 0 Å². The number of hydrogen-bond donors (Lipinski definition) is 1. The predicted molar refractivity (Wildman–Crippen MR) is 81.4 cm³/mol. The maximum absolute atomic E-state index is 11.3. The Labute approximate surface area is 122 Å². The lowest BCUT2D eigenvalue weighted by Crippen LogP contribution is -2.26. The summed E-state index contributed by atoms with van der Waals surface area (Å²) in [6, 6.07) is 6.16. The highest BCUT2D eigenvalue weighted by Gasteiger charge is 2.29. The van der Waals surface area contributed by atoms with Crippen molar-refractivity contribution in [3.8, 4) is 5.75 Å². The maximum Gasteiger partial charge on any atom is 0.309 e. The second kappa shape index (κ2) is 6.78. The van der Waals surface area contributed by atoms with Crippen LogP contribution in [0.5, 0.6) is 5.75 Å². The van der Waals surface area contributed by atoms with E-state index in [0.717, 1.165) is 24.2 Å². The minimum Gasteiger partial charge on any atom is -0.496 e. The molecule has 3 heteroatoms. The van der Waals surface area contributed by atoms with Crippen molar-refractivity contribution in [3.63, 3.8) is 0 Å². The monoisotopic (exact) mass is 278 g/mol. The highest BCUT2D eigenvalue weighted by molar-refractivity contribution is 5.74. The molecule has 0 radical (unpaired) electrons. The number of aliphatic carboxylic acids is 1. The van der Waals surface area contributed by atoms with Crippen LogP contribution in [0.25, 0.3) is 0 Å². The molecule has 0 saturated heterocycles. The molecule has 0 unspecified atom stereocenters. The molecule has 0 aromatic heterocycles. The lowest BCUT2D eigenvalue weighted by atomic mass is 9.83. The van der Waals surface area contributed by atoms with Crippen LogP contribution in [-0.4, -0.2) is 18.2 Å². The summed E-state index contributed by atoms with van der Waals surface area (Å²) in [5.74, 6) is 0.508. The second-order valence-corrected chi connectivity index (χ2v) is 5.95. The molecule has 0 bridgehead atoms. The first-order chi connectivity index (χ1) is 9.35. The van der Waals surface area contributed by atoms with Gasteiger partial charge in [-0.15, -0.1) is 0 Å². The van der Waals surface area contributed by atoms with Crippen LogP contribution in [0.3, 0.4) is 0 Å². The molecular formula is C17H26O3. The van der Waals surface area contributed by atoms with Crippen molar-refractivity contribution in [2.75, 3.05) is 7.11 Å². The van der Waals surface area contributed by atoms with Gasteiger partial charge in [-0.2, -0.15) is 0 Å². The van der Waals surface area contributed by atoms with Gasteiger partial charge in [0, 0.05) is 0 Å². The number of carboxylic acids is 1. The molecule has 20 heavy (non-hydrogen) atoms. The van der Waals surface area contributed by atoms with Crippen LogP contribution in [0.15, 0.2) is 18.2 Å². The summed E-state index contributed by atoms with van der Waals surface area (Å²) >= 11 is 0. The van der Waals surface area contributed by atoms with Crippen LogP contribution in [0, 0.1) is 5.41 Å². The summed E-state index contributed by atoms with van der Waals surface area (Å²) in [6.45, 7) is 7.86. The molecule has 1 aromatic carbocycles. The zero-order valence-corrected chi connectivity index (χ0v) is 13.2. The molecule has 0 aliphatic rings. The van der Waals surface area contributed by atoms with Gasteiger partial charge in [-0.3, -0.25) is 4.79 Å². The van der Waals surface area contributed by atoms with Gasteiger partial charge in [0.05, 0.1) is 12.5 Å². The molecule has 0 heterocycles. The Morgan fingerprint density at radius 1 is 1.30 bits per heavy atom. The van der Waals surface area contributed by atoms with Crippen LogP contribution in [0.2, 0.25) is 0 Å². The Morgan fingerprint density at radius 2 is 1.90 bits per heavy atom. The summed E-state index contributed by atoms with van der Waals surface area (Å²) < 4.78 is 5.38. The van der Waals surface area contributed by atoms with Gasteiger partial charge in [0.2, 0.25) is 0 Å². The van der Waals surface area contributed by atoms with E-state index in [1.54, 1.807) is 21.0 Å². The highest BCUT2D eigenvalue weighted by Crippen LogP contribution is 2.32. The lowest BCUT2D eigenvalue weighted by molar-refractivity contribution is -0.146. The van der Waals surface area contributed by atoms with E-state index in [9.17, 15) is 9.90 Å². The number of methoxy groups -OCH3 is 1. The average molecular weight is 278 g/mol. The molecule has 112 valence electrons. The Hall–Kier alpha value is -1.51. The molecule has 1 aromatic rings. The summed E-state index contributed by atoms with van der Waals surface area (Å²) in [5, 5.41) is 9.30. The van der Waals surface area contributed by atoms with E-state index in [1.807, 2.05) is 6.07 Å². The van der Waals surface area contributed by atoms with Crippen molar-refractivity contribution < 1.29 is 14.6 Å². The molecule has 0 spiro atoms. The fourth-order valence-electron chi connectivity index (χ4n) is 2.50.